The molecule has 5 nitrogen and oxygen atoms in total. The first-order valence-electron chi connectivity index (χ1n) is 7.02. The Hall–Kier alpha value is -1.33. The van der Waals surface area contributed by atoms with Crippen LogP contribution in [-0.4, -0.2) is 49.5 Å². The number of quaternary nitrogens is 1. The number of nitrogens with two attached hydrogens (primary N) is 1. The minimum Gasteiger partial charge on any atom is -1.00 e. The highest BCUT2D eigenvalue weighted by Gasteiger charge is 2.31. The Balaban J connectivity index is -0.000000520. The molecule has 0 aliphatic carbocycles. The number of rotatable bonds is 7. The van der Waals surface area contributed by atoms with Crippen molar-refractivity contribution in [1.82, 2.24) is 5.32 Å². The number of halogens is 1. The van der Waals surface area contributed by atoms with Crippen molar-refractivity contribution < 1.29 is 26.5 Å². The van der Waals surface area contributed by atoms with Gasteiger partial charge in [-0.05, 0) is 33.3 Å². The molecule has 0 rings (SSSR count). The smallest absolute Gasteiger partial charge is 0.246 e. The summed E-state index contributed by atoms with van der Waals surface area (Å²) < 4.78 is 0.932. The van der Waals surface area contributed by atoms with Crippen LogP contribution in [0.2, 0.25) is 0 Å². The van der Waals surface area contributed by atoms with Gasteiger partial charge in [0.15, 0.2) is 0 Å². The summed E-state index contributed by atoms with van der Waals surface area (Å²) in [5.41, 5.74) is 5.34. The lowest BCUT2D eigenvalue weighted by Crippen LogP contribution is -3.00. The molecule has 0 atom stereocenters. The number of carbonyl (C=O) groups is 2. The molecule has 0 saturated heterocycles. The first-order chi connectivity index (χ1) is 9.35. The quantitative estimate of drug-likeness (QED) is 0.342. The van der Waals surface area contributed by atoms with Gasteiger partial charge in [-0.25, -0.2) is 0 Å². The zero-order chi connectivity index (χ0) is 17.3. The molecule has 0 saturated carbocycles. The van der Waals surface area contributed by atoms with Crippen molar-refractivity contribution in [3.63, 3.8) is 0 Å². The van der Waals surface area contributed by atoms with E-state index in [1.807, 2.05) is 0 Å². The molecule has 0 aliphatic heterocycles. The molecule has 0 aromatic heterocycles. The molecule has 6 heteroatoms. The van der Waals surface area contributed by atoms with E-state index >= 15 is 0 Å². The van der Waals surface area contributed by atoms with Crippen LogP contribution in [0.5, 0.6) is 0 Å². The number of hydrogen-bond acceptors (Lipinski definition) is 2. The fraction of sp³-hybridized carbons (Fsp3) is 0.625. The maximum atomic E-state index is 11.2. The van der Waals surface area contributed by atoms with E-state index in [0.29, 0.717) is 5.57 Å². The fourth-order valence-electron chi connectivity index (χ4n) is 1.21. The average Bonchev–Trinajstić information content (AvgIpc) is 2.33. The zero-order valence-corrected chi connectivity index (χ0v) is 15.6. The zero-order valence-electron chi connectivity index (χ0n) is 14.8. The van der Waals surface area contributed by atoms with Gasteiger partial charge in [-0.1, -0.05) is 13.2 Å². The van der Waals surface area contributed by atoms with Crippen LogP contribution in [0.4, 0.5) is 0 Å². The van der Waals surface area contributed by atoms with Gasteiger partial charge in [-0.2, -0.15) is 0 Å². The molecule has 0 unspecified atom stereocenters. The number of nitrogens with one attached hydrogen (secondary N) is 1. The maximum Gasteiger partial charge on any atom is 0.246 e. The number of carbonyl (C=O) groups excluding carboxylic acids is 2. The van der Waals surface area contributed by atoms with Gasteiger partial charge >= 0.3 is 0 Å². The third-order valence-corrected chi connectivity index (χ3v) is 3.66. The monoisotopic (exact) mass is 333 g/mol. The Bertz CT molecular complexity index is 385. The molecule has 130 valence electrons. The highest BCUT2D eigenvalue weighted by atomic mass is 35.5. The van der Waals surface area contributed by atoms with Crippen LogP contribution in [0.3, 0.4) is 0 Å². The summed E-state index contributed by atoms with van der Waals surface area (Å²) in [7, 11) is 6.60. The van der Waals surface area contributed by atoms with Gasteiger partial charge in [0.2, 0.25) is 11.8 Å². The van der Waals surface area contributed by atoms with E-state index in [2.05, 4.69) is 59.2 Å². The summed E-state index contributed by atoms with van der Waals surface area (Å²) in [4.78, 5) is 20.7. The fourth-order valence-corrected chi connectivity index (χ4v) is 1.21. The van der Waals surface area contributed by atoms with Gasteiger partial charge in [-0.15, -0.1) is 0 Å². The van der Waals surface area contributed by atoms with Gasteiger partial charge in [0.25, 0.3) is 0 Å². The minimum atomic E-state index is -0.481. The summed E-state index contributed by atoms with van der Waals surface area (Å²) in [5, 5.41) is 2.86. The van der Waals surface area contributed by atoms with Crippen molar-refractivity contribution in [1.29, 1.82) is 0 Å². The standard InChI is InChI=1S/C13H26N2O.C3H5NO.ClH/c1-11(2)12(16)14-10-8-9-13(3,4)15(5,6)7;1-2-3(4)5;/h1,8-10H2,2-7H3;2H,1H2,(H2,4,5);1H. The third-order valence-electron chi connectivity index (χ3n) is 3.66. The molecule has 0 spiro atoms. The molecular weight excluding hydrogens is 302 g/mol. The SMILES string of the molecule is C=C(C)C(=O)NCCCC(C)(C)[N+](C)(C)C.C=CC(N)=O.[Cl-]. The van der Waals surface area contributed by atoms with Gasteiger partial charge in [0, 0.05) is 18.5 Å². The summed E-state index contributed by atoms with van der Waals surface area (Å²) in [5.74, 6) is -0.520. The van der Waals surface area contributed by atoms with E-state index in [1.54, 1.807) is 6.92 Å². The van der Waals surface area contributed by atoms with Crippen LogP contribution in [-0.2, 0) is 9.59 Å². The molecule has 0 bridgehead atoms. The van der Waals surface area contributed by atoms with Crippen molar-refractivity contribution in [3.8, 4) is 0 Å². The summed E-state index contributed by atoms with van der Waals surface area (Å²) in [6.07, 6.45) is 3.15. The molecule has 0 aliphatic rings. The summed E-state index contributed by atoms with van der Waals surface area (Å²) in [6.45, 7) is 13.7. The Labute approximate surface area is 141 Å². The average molecular weight is 334 g/mol. The number of amides is 2. The molecule has 0 radical (unpaired) electrons. The first-order valence-corrected chi connectivity index (χ1v) is 7.02. The predicted octanol–water partition coefficient (Wildman–Crippen LogP) is -1.39. The molecule has 0 aromatic carbocycles. The van der Waals surface area contributed by atoms with Crippen LogP contribution < -0.4 is 23.5 Å². The van der Waals surface area contributed by atoms with Crippen molar-refractivity contribution >= 4 is 11.8 Å². The van der Waals surface area contributed by atoms with Gasteiger partial charge < -0.3 is 27.9 Å². The largest absolute Gasteiger partial charge is 1.00 e. The Kier molecular flexibility index (Phi) is 13.1. The van der Waals surface area contributed by atoms with Crippen LogP contribution in [0.25, 0.3) is 0 Å². The summed E-state index contributed by atoms with van der Waals surface area (Å²) in [6, 6.07) is 0. The lowest BCUT2D eigenvalue weighted by atomic mass is 9.95. The van der Waals surface area contributed by atoms with E-state index < -0.39 is 5.91 Å². The number of nitrogens with zero attached hydrogens (tertiary/aromatic N) is 1. The van der Waals surface area contributed by atoms with Crippen molar-refractivity contribution in [2.45, 2.75) is 39.2 Å². The molecule has 2 amide bonds. The molecule has 0 fully saturated rings. The second-order valence-electron chi connectivity index (χ2n) is 6.57. The topological polar surface area (TPSA) is 72.2 Å². The molecule has 0 aromatic rings. The van der Waals surface area contributed by atoms with Crippen molar-refractivity contribution in [2.75, 3.05) is 27.7 Å². The van der Waals surface area contributed by atoms with Crippen molar-refractivity contribution in [3.05, 3.63) is 24.8 Å². The Morgan fingerprint density at radius 1 is 1.27 bits per heavy atom. The van der Waals surface area contributed by atoms with Crippen LogP contribution in [0, 0.1) is 0 Å². The number of primary amides is 1. The second-order valence-corrected chi connectivity index (χ2v) is 6.57. The van der Waals surface area contributed by atoms with Crippen LogP contribution in [0.1, 0.15) is 33.6 Å². The highest BCUT2D eigenvalue weighted by Crippen LogP contribution is 2.22. The molecule has 3 N–H and O–H groups in total. The molecule has 0 heterocycles. The van der Waals surface area contributed by atoms with Gasteiger partial charge in [-0.3, -0.25) is 9.59 Å². The molecular formula is C16H32ClN3O2. The van der Waals surface area contributed by atoms with Crippen molar-refractivity contribution in [2.24, 2.45) is 5.73 Å². The minimum absolute atomic E-state index is 0. The highest BCUT2D eigenvalue weighted by molar-refractivity contribution is 5.92. The van der Waals surface area contributed by atoms with Crippen LogP contribution >= 0.6 is 0 Å². The lowest BCUT2D eigenvalue weighted by Gasteiger charge is -2.41. The molecule has 22 heavy (non-hydrogen) atoms. The predicted molar refractivity (Wildman–Crippen MR) is 88.6 cm³/mol. The Morgan fingerprint density at radius 3 is 1.95 bits per heavy atom. The van der Waals surface area contributed by atoms with Gasteiger partial charge in [0.1, 0.15) is 0 Å². The second kappa shape index (κ2) is 11.3. The van der Waals surface area contributed by atoms with E-state index in [9.17, 15) is 9.59 Å². The number of hydrogen-bond donors (Lipinski definition) is 2. The van der Waals surface area contributed by atoms with E-state index in [4.69, 9.17) is 0 Å². The van der Waals surface area contributed by atoms with E-state index in [-0.39, 0.29) is 23.9 Å². The van der Waals surface area contributed by atoms with E-state index in [0.717, 1.165) is 29.9 Å². The maximum absolute atomic E-state index is 11.2. The first kappa shape index (κ1) is 25.6. The third kappa shape index (κ3) is 12.4. The Morgan fingerprint density at radius 2 is 1.68 bits per heavy atom. The van der Waals surface area contributed by atoms with Gasteiger partial charge in [0.05, 0.1) is 26.7 Å². The normalized spacial score (nSPS) is 10.5. The lowest BCUT2D eigenvalue weighted by molar-refractivity contribution is -0.920. The summed E-state index contributed by atoms with van der Waals surface area (Å²) >= 11 is 0. The van der Waals surface area contributed by atoms with Crippen LogP contribution in [0.15, 0.2) is 24.8 Å². The van der Waals surface area contributed by atoms with E-state index in [1.165, 1.54) is 0 Å².